The molecule has 3 aromatic rings. The number of hydrogen-bond donors (Lipinski definition) is 2. The second-order valence-corrected chi connectivity index (χ2v) is 7.24. The minimum absolute atomic E-state index is 0.114. The van der Waals surface area contributed by atoms with Gasteiger partial charge in [-0.3, -0.25) is 4.79 Å². The average molecular weight is 364 g/mol. The molecule has 4 nitrogen and oxygen atoms in total. The molecule has 1 atom stereocenters. The van der Waals surface area contributed by atoms with Crippen molar-refractivity contribution in [2.45, 2.75) is 52.3 Å². The second-order valence-electron chi connectivity index (χ2n) is 7.24. The van der Waals surface area contributed by atoms with E-state index in [4.69, 9.17) is 4.74 Å². The van der Waals surface area contributed by atoms with E-state index in [1.807, 2.05) is 42.5 Å². The zero-order valence-corrected chi connectivity index (χ0v) is 16.3. The van der Waals surface area contributed by atoms with Gasteiger partial charge in [0.05, 0.1) is 5.52 Å². The van der Waals surface area contributed by atoms with Gasteiger partial charge in [0.2, 0.25) is 5.56 Å². The number of hydrogen-bond acceptors (Lipinski definition) is 3. The maximum atomic E-state index is 11.9. The Morgan fingerprint density at radius 2 is 1.81 bits per heavy atom. The topological polar surface area (TPSA) is 54.1 Å². The van der Waals surface area contributed by atoms with Crippen LogP contribution in [0.3, 0.4) is 0 Å². The molecule has 2 N–H and O–H groups in total. The van der Waals surface area contributed by atoms with E-state index in [0.29, 0.717) is 24.4 Å². The number of H-pyrrole nitrogens is 1. The molecule has 2 aromatic carbocycles. The highest BCUT2D eigenvalue weighted by molar-refractivity contribution is 5.87. The monoisotopic (exact) mass is 364 g/mol. The summed E-state index contributed by atoms with van der Waals surface area (Å²) < 4.78 is 6.03. The first-order chi connectivity index (χ1) is 13.1. The summed E-state index contributed by atoms with van der Waals surface area (Å²) in [5.41, 5.74) is 2.97. The van der Waals surface area contributed by atoms with Crippen LogP contribution in [0.25, 0.3) is 10.9 Å². The van der Waals surface area contributed by atoms with Crippen LogP contribution >= 0.6 is 0 Å². The minimum Gasteiger partial charge on any atom is -0.487 e. The SMILES string of the molecule is CCC(Cc1ccc(OCc2ccccc2)c2[nH]c(=O)ccc12)NC(C)C. The molecule has 0 saturated heterocycles. The van der Waals surface area contributed by atoms with Crippen LogP contribution in [0, 0.1) is 0 Å². The summed E-state index contributed by atoms with van der Waals surface area (Å²) in [6, 6.07) is 18.5. The van der Waals surface area contributed by atoms with Crippen molar-refractivity contribution in [3.05, 3.63) is 76.1 Å². The first-order valence-corrected chi connectivity index (χ1v) is 9.64. The van der Waals surface area contributed by atoms with E-state index >= 15 is 0 Å². The lowest BCUT2D eigenvalue weighted by Crippen LogP contribution is -2.35. The zero-order chi connectivity index (χ0) is 19.2. The van der Waals surface area contributed by atoms with Crippen LogP contribution in [-0.4, -0.2) is 17.1 Å². The molecule has 0 radical (unpaired) electrons. The highest BCUT2D eigenvalue weighted by Crippen LogP contribution is 2.28. The smallest absolute Gasteiger partial charge is 0.248 e. The van der Waals surface area contributed by atoms with Crippen LogP contribution in [0.15, 0.2) is 59.4 Å². The molecule has 0 aliphatic rings. The highest BCUT2D eigenvalue weighted by atomic mass is 16.5. The summed E-state index contributed by atoms with van der Waals surface area (Å²) in [6.45, 7) is 7.00. The molecule has 0 fully saturated rings. The Hall–Kier alpha value is -2.59. The van der Waals surface area contributed by atoms with E-state index in [2.05, 4.69) is 37.1 Å². The summed E-state index contributed by atoms with van der Waals surface area (Å²) in [4.78, 5) is 14.9. The Morgan fingerprint density at radius 1 is 1.04 bits per heavy atom. The third-order valence-corrected chi connectivity index (χ3v) is 4.71. The zero-order valence-electron chi connectivity index (χ0n) is 16.3. The van der Waals surface area contributed by atoms with Crippen LogP contribution < -0.4 is 15.6 Å². The molecule has 1 heterocycles. The first-order valence-electron chi connectivity index (χ1n) is 9.64. The lowest BCUT2D eigenvalue weighted by atomic mass is 9.98. The molecule has 142 valence electrons. The van der Waals surface area contributed by atoms with Gasteiger partial charge in [-0.2, -0.15) is 0 Å². The Labute approximate surface area is 160 Å². The van der Waals surface area contributed by atoms with Crippen LogP contribution in [0.1, 0.15) is 38.3 Å². The predicted octanol–water partition coefficient (Wildman–Crippen LogP) is 4.43. The first kappa shape index (κ1) is 19.2. The summed E-state index contributed by atoms with van der Waals surface area (Å²) in [5, 5.41) is 4.66. The predicted molar refractivity (Wildman–Crippen MR) is 111 cm³/mol. The van der Waals surface area contributed by atoms with Crippen LogP contribution in [0.2, 0.25) is 0 Å². The van der Waals surface area contributed by atoms with Crippen molar-refractivity contribution < 1.29 is 4.74 Å². The van der Waals surface area contributed by atoms with Crippen molar-refractivity contribution in [3.63, 3.8) is 0 Å². The molecule has 3 rings (SSSR count). The van der Waals surface area contributed by atoms with Gasteiger partial charge < -0.3 is 15.0 Å². The van der Waals surface area contributed by atoms with Crippen LogP contribution in [0.5, 0.6) is 5.75 Å². The van der Waals surface area contributed by atoms with Gasteiger partial charge in [0.15, 0.2) is 0 Å². The lowest BCUT2D eigenvalue weighted by Gasteiger charge is -2.21. The fourth-order valence-electron chi connectivity index (χ4n) is 3.38. The molecule has 1 aromatic heterocycles. The average Bonchev–Trinajstić information content (AvgIpc) is 2.67. The van der Waals surface area contributed by atoms with Gasteiger partial charge in [0.25, 0.3) is 0 Å². The highest BCUT2D eigenvalue weighted by Gasteiger charge is 2.13. The third kappa shape index (κ3) is 4.98. The fraction of sp³-hybridized carbons (Fsp3) is 0.348. The molecule has 1 unspecified atom stereocenters. The van der Waals surface area contributed by atoms with Gasteiger partial charge in [-0.05, 0) is 36.1 Å². The lowest BCUT2D eigenvalue weighted by molar-refractivity contribution is 0.309. The molecular formula is C23H28N2O2. The van der Waals surface area contributed by atoms with E-state index in [1.165, 1.54) is 5.56 Å². The summed E-state index contributed by atoms with van der Waals surface area (Å²) in [5.74, 6) is 0.708. The molecule has 27 heavy (non-hydrogen) atoms. The quantitative estimate of drug-likeness (QED) is 0.622. The third-order valence-electron chi connectivity index (χ3n) is 4.71. The maximum absolute atomic E-state index is 11.9. The molecule has 0 aliphatic heterocycles. The minimum atomic E-state index is -0.114. The number of fused-ring (bicyclic) bond motifs is 1. The Kier molecular flexibility index (Phi) is 6.30. The van der Waals surface area contributed by atoms with Crippen LogP contribution in [0.4, 0.5) is 0 Å². The number of benzene rings is 2. The van der Waals surface area contributed by atoms with Gasteiger partial charge >= 0.3 is 0 Å². The van der Waals surface area contributed by atoms with Crippen LogP contribution in [-0.2, 0) is 13.0 Å². The number of pyridine rings is 1. The molecule has 0 bridgehead atoms. The van der Waals surface area contributed by atoms with E-state index in [1.54, 1.807) is 6.07 Å². The maximum Gasteiger partial charge on any atom is 0.248 e. The Balaban J connectivity index is 1.90. The van der Waals surface area contributed by atoms with Crippen molar-refractivity contribution >= 4 is 10.9 Å². The molecule has 0 aliphatic carbocycles. The number of rotatable bonds is 8. The molecule has 0 amide bonds. The number of aromatic nitrogens is 1. The van der Waals surface area contributed by atoms with E-state index in [9.17, 15) is 4.79 Å². The Bertz CT molecular complexity index is 932. The van der Waals surface area contributed by atoms with Crippen molar-refractivity contribution in [1.29, 1.82) is 0 Å². The normalized spacial score (nSPS) is 12.4. The second kappa shape index (κ2) is 8.87. The molecular weight excluding hydrogens is 336 g/mol. The van der Waals surface area contributed by atoms with E-state index < -0.39 is 0 Å². The van der Waals surface area contributed by atoms with E-state index in [-0.39, 0.29) is 5.56 Å². The van der Waals surface area contributed by atoms with Crippen molar-refractivity contribution in [3.8, 4) is 5.75 Å². The summed E-state index contributed by atoms with van der Waals surface area (Å²) in [7, 11) is 0. The molecule has 0 spiro atoms. The number of nitrogens with one attached hydrogen (secondary N) is 2. The van der Waals surface area contributed by atoms with Crippen molar-refractivity contribution in [2.24, 2.45) is 0 Å². The number of aromatic amines is 1. The van der Waals surface area contributed by atoms with E-state index in [0.717, 1.165) is 29.3 Å². The standard InChI is InChI=1S/C23H28N2O2/c1-4-19(24-16(2)3)14-18-10-12-21(23-20(18)11-13-22(26)25-23)27-15-17-8-6-5-7-9-17/h5-13,16,19,24H,4,14-15H2,1-3H3,(H,25,26). The number of ether oxygens (including phenoxy) is 1. The van der Waals surface area contributed by atoms with Gasteiger partial charge in [-0.1, -0.05) is 57.2 Å². The molecule has 0 saturated carbocycles. The largest absolute Gasteiger partial charge is 0.487 e. The van der Waals surface area contributed by atoms with Gasteiger partial charge in [-0.15, -0.1) is 0 Å². The van der Waals surface area contributed by atoms with Gasteiger partial charge in [0.1, 0.15) is 12.4 Å². The fourth-order valence-corrected chi connectivity index (χ4v) is 3.38. The van der Waals surface area contributed by atoms with Crippen molar-refractivity contribution in [1.82, 2.24) is 10.3 Å². The summed E-state index contributed by atoms with van der Waals surface area (Å²) >= 11 is 0. The summed E-state index contributed by atoms with van der Waals surface area (Å²) in [6.07, 6.45) is 1.96. The van der Waals surface area contributed by atoms with Gasteiger partial charge in [0, 0.05) is 23.5 Å². The Morgan fingerprint density at radius 3 is 2.52 bits per heavy atom. The van der Waals surface area contributed by atoms with Crippen molar-refractivity contribution in [2.75, 3.05) is 0 Å². The van der Waals surface area contributed by atoms with Gasteiger partial charge in [-0.25, -0.2) is 0 Å². The molecule has 4 heteroatoms.